The number of nitrogens with zero attached hydrogens (tertiary/aromatic N) is 1. The van der Waals surface area contributed by atoms with Crippen molar-refractivity contribution in [2.75, 3.05) is 7.11 Å². The third-order valence-electron chi connectivity index (χ3n) is 3.90. The molecule has 3 rings (SSSR count). The normalized spacial score (nSPS) is 11.1. The van der Waals surface area contributed by atoms with E-state index in [4.69, 9.17) is 4.42 Å². The highest BCUT2D eigenvalue weighted by Crippen LogP contribution is 2.25. The van der Waals surface area contributed by atoms with Crippen molar-refractivity contribution in [3.05, 3.63) is 64.2 Å². The van der Waals surface area contributed by atoms with E-state index < -0.39 is 17.5 Å². The number of carbonyl (C=O) groups excluding carboxylic acids is 2. The molecule has 1 aromatic heterocycles. The predicted octanol–water partition coefficient (Wildman–Crippen LogP) is 2.07. The summed E-state index contributed by atoms with van der Waals surface area (Å²) in [6.07, 6.45) is 2.70. The largest absolute Gasteiger partial charge is 0.504 e. The molecule has 8 nitrogen and oxygen atoms in total. The van der Waals surface area contributed by atoms with Crippen molar-refractivity contribution in [2.24, 2.45) is 0 Å². The zero-order valence-electron chi connectivity index (χ0n) is 14.2. The number of benzene rings is 2. The van der Waals surface area contributed by atoms with Gasteiger partial charge < -0.3 is 19.4 Å². The number of aromatic hydroxyl groups is 2. The first-order valence-corrected chi connectivity index (χ1v) is 7.84. The number of hydrogen-bond donors (Lipinski definition) is 2. The van der Waals surface area contributed by atoms with Gasteiger partial charge in [-0.25, -0.2) is 4.79 Å². The minimum absolute atomic E-state index is 0.0645. The highest BCUT2D eigenvalue weighted by Gasteiger charge is 2.17. The highest BCUT2D eigenvalue weighted by atomic mass is 16.5. The van der Waals surface area contributed by atoms with Gasteiger partial charge in [-0.15, -0.1) is 0 Å². The van der Waals surface area contributed by atoms with Crippen molar-refractivity contribution in [1.29, 1.82) is 0 Å². The van der Waals surface area contributed by atoms with Crippen molar-refractivity contribution < 1.29 is 29.0 Å². The van der Waals surface area contributed by atoms with Gasteiger partial charge in [-0.1, -0.05) is 18.2 Å². The monoisotopic (exact) mass is 369 g/mol. The summed E-state index contributed by atoms with van der Waals surface area (Å²) in [5.74, 6) is -2.41. The van der Waals surface area contributed by atoms with Crippen LogP contribution in [0.25, 0.3) is 17.2 Å². The Kier molecular flexibility index (Phi) is 4.80. The Morgan fingerprint density at radius 2 is 1.96 bits per heavy atom. The average molecular weight is 369 g/mol. The molecule has 2 aromatic carbocycles. The molecule has 0 unspecified atom stereocenters. The summed E-state index contributed by atoms with van der Waals surface area (Å²) in [6, 6.07) is 8.74. The Bertz CT molecular complexity index is 1120. The number of hydrogen-bond acceptors (Lipinski definition) is 7. The van der Waals surface area contributed by atoms with Gasteiger partial charge in [0.25, 0.3) is 0 Å². The van der Waals surface area contributed by atoms with E-state index in [1.165, 1.54) is 43.5 Å². The van der Waals surface area contributed by atoms with Gasteiger partial charge in [0, 0.05) is 0 Å². The Morgan fingerprint density at radius 1 is 1.19 bits per heavy atom. The van der Waals surface area contributed by atoms with Gasteiger partial charge >= 0.3 is 11.7 Å². The van der Waals surface area contributed by atoms with Gasteiger partial charge in [-0.3, -0.25) is 14.2 Å². The van der Waals surface area contributed by atoms with E-state index in [9.17, 15) is 24.6 Å². The molecular weight excluding hydrogens is 354 g/mol. The molecule has 0 aliphatic rings. The summed E-state index contributed by atoms with van der Waals surface area (Å²) in [4.78, 5) is 36.0. The van der Waals surface area contributed by atoms with Crippen molar-refractivity contribution in [3.8, 4) is 11.5 Å². The van der Waals surface area contributed by atoms with Crippen LogP contribution in [-0.2, 0) is 16.1 Å². The third kappa shape index (κ3) is 3.59. The lowest BCUT2D eigenvalue weighted by molar-refractivity contribution is -0.141. The van der Waals surface area contributed by atoms with Crippen LogP contribution < -0.4 is 5.76 Å². The topological polar surface area (TPSA) is 119 Å². The molecule has 0 fully saturated rings. The molecule has 2 N–H and O–H groups in total. The lowest BCUT2D eigenvalue weighted by Gasteiger charge is -2.01. The molecule has 3 aromatic rings. The van der Waals surface area contributed by atoms with Crippen LogP contribution in [0.5, 0.6) is 11.5 Å². The van der Waals surface area contributed by atoms with E-state index in [1.54, 1.807) is 12.1 Å². The van der Waals surface area contributed by atoms with E-state index in [0.29, 0.717) is 11.1 Å². The second-order valence-corrected chi connectivity index (χ2v) is 5.63. The lowest BCUT2D eigenvalue weighted by Crippen LogP contribution is -2.20. The molecule has 1 heterocycles. The number of carbonyl (C=O) groups is 2. The van der Waals surface area contributed by atoms with E-state index in [2.05, 4.69) is 4.74 Å². The minimum Gasteiger partial charge on any atom is -0.504 e. The predicted molar refractivity (Wildman–Crippen MR) is 95.6 cm³/mol. The molecule has 8 heteroatoms. The van der Waals surface area contributed by atoms with Crippen molar-refractivity contribution in [3.63, 3.8) is 0 Å². The number of esters is 1. The molecule has 0 aliphatic carbocycles. The van der Waals surface area contributed by atoms with Gasteiger partial charge in [0.05, 0.1) is 18.2 Å². The van der Waals surface area contributed by atoms with E-state index in [-0.39, 0.29) is 29.2 Å². The first kappa shape index (κ1) is 18.0. The zero-order valence-corrected chi connectivity index (χ0v) is 14.2. The smallest absolute Gasteiger partial charge is 0.420 e. The number of fused-ring (bicyclic) bond motifs is 1. The van der Waals surface area contributed by atoms with E-state index in [0.717, 1.165) is 4.57 Å². The van der Waals surface area contributed by atoms with Crippen LogP contribution in [0.4, 0.5) is 0 Å². The Morgan fingerprint density at radius 3 is 2.67 bits per heavy atom. The van der Waals surface area contributed by atoms with Crippen molar-refractivity contribution in [2.45, 2.75) is 6.54 Å². The van der Waals surface area contributed by atoms with Crippen LogP contribution >= 0.6 is 0 Å². The molecular formula is C19H15NO7. The summed E-state index contributed by atoms with van der Waals surface area (Å²) in [5.41, 5.74) is 1.00. The van der Waals surface area contributed by atoms with Gasteiger partial charge in [0.15, 0.2) is 22.9 Å². The first-order valence-electron chi connectivity index (χ1n) is 7.84. The quantitative estimate of drug-likeness (QED) is 0.306. The van der Waals surface area contributed by atoms with Gasteiger partial charge in [-0.05, 0) is 35.9 Å². The third-order valence-corrected chi connectivity index (χ3v) is 3.90. The fourth-order valence-corrected chi connectivity index (χ4v) is 2.53. The van der Waals surface area contributed by atoms with Crippen LogP contribution in [-0.4, -0.2) is 33.6 Å². The molecule has 0 atom stereocenters. The van der Waals surface area contributed by atoms with Crippen LogP contribution in [0.2, 0.25) is 0 Å². The standard InChI is InChI=1S/C19H15NO7/c1-26-17(24)10-20-13-4-2-3-12(18(13)27-19(20)25)14(21)7-5-11-6-8-15(22)16(23)9-11/h2-9,22-23H,10H2,1H3/b7-5+. The van der Waals surface area contributed by atoms with Crippen LogP contribution in [0, 0.1) is 0 Å². The molecule has 27 heavy (non-hydrogen) atoms. The SMILES string of the molecule is COC(=O)Cn1c(=O)oc2c(C(=O)/C=C/c3ccc(O)c(O)c3)cccc21. The summed E-state index contributed by atoms with van der Waals surface area (Å²) >= 11 is 0. The maximum atomic E-state index is 12.5. The minimum atomic E-state index is -0.775. The summed E-state index contributed by atoms with van der Waals surface area (Å²) in [5, 5.41) is 18.8. The molecule has 138 valence electrons. The summed E-state index contributed by atoms with van der Waals surface area (Å²) in [6.45, 7) is -0.331. The number of phenols is 2. The van der Waals surface area contributed by atoms with Crippen LogP contribution in [0.3, 0.4) is 0 Å². The summed E-state index contributed by atoms with van der Waals surface area (Å²) < 4.78 is 10.8. The Balaban J connectivity index is 1.96. The Labute approximate surface area is 152 Å². The maximum Gasteiger partial charge on any atom is 0.420 e. The van der Waals surface area contributed by atoms with Crippen LogP contribution in [0.15, 0.2) is 51.7 Å². The molecule has 0 saturated carbocycles. The van der Waals surface area contributed by atoms with Crippen molar-refractivity contribution >= 4 is 28.9 Å². The fraction of sp³-hybridized carbons (Fsp3) is 0.105. The number of para-hydroxylation sites is 1. The second kappa shape index (κ2) is 7.20. The number of oxazole rings is 1. The highest BCUT2D eigenvalue weighted by molar-refractivity contribution is 6.13. The maximum absolute atomic E-state index is 12.5. The van der Waals surface area contributed by atoms with Gasteiger partial charge in [-0.2, -0.15) is 0 Å². The second-order valence-electron chi connectivity index (χ2n) is 5.63. The zero-order chi connectivity index (χ0) is 19.6. The number of ketones is 1. The van der Waals surface area contributed by atoms with Crippen molar-refractivity contribution in [1.82, 2.24) is 4.57 Å². The number of ether oxygens (including phenoxy) is 1. The fourth-order valence-electron chi connectivity index (χ4n) is 2.53. The molecule has 0 spiro atoms. The first-order chi connectivity index (χ1) is 12.9. The van der Waals surface area contributed by atoms with E-state index in [1.807, 2.05) is 0 Å². The van der Waals surface area contributed by atoms with Crippen LogP contribution in [0.1, 0.15) is 15.9 Å². The molecule has 0 saturated heterocycles. The number of aromatic nitrogens is 1. The molecule has 0 bridgehead atoms. The van der Waals surface area contributed by atoms with Gasteiger partial charge in [0.2, 0.25) is 0 Å². The summed E-state index contributed by atoms with van der Waals surface area (Å²) in [7, 11) is 1.20. The number of rotatable bonds is 5. The number of methoxy groups -OCH3 is 1. The number of phenolic OH excluding ortho intramolecular Hbond substituents is 2. The number of allylic oxidation sites excluding steroid dienone is 1. The lowest BCUT2D eigenvalue weighted by atomic mass is 10.1. The van der Waals surface area contributed by atoms with Gasteiger partial charge in [0.1, 0.15) is 6.54 Å². The molecule has 0 aliphatic heterocycles. The van der Waals surface area contributed by atoms with E-state index >= 15 is 0 Å². The molecule has 0 amide bonds. The Hall–Kier alpha value is -3.81. The molecule has 0 radical (unpaired) electrons. The average Bonchev–Trinajstić information content (AvgIpc) is 2.97.